The quantitative estimate of drug-likeness (QED) is 0.187. The Morgan fingerprint density at radius 1 is 0.946 bits per heavy atom. The summed E-state index contributed by atoms with van der Waals surface area (Å²) in [4.78, 5) is 38.6. The molecule has 2 aromatic carbocycles. The van der Waals surface area contributed by atoms with Gasteiger partial charge in [0.15, 0.2) is 5.78 Å². The number of Topliss-reactive ketones (excluding diaryl/α,β-unsaturated/α-hetero) is 1. The Morgan fingerprint density at radius 3 is 2.16 bits per heavy atom. The molecule has 1 heterocycles. The lowest BCUT2D eigenvalue weighted by atomic mass is 9.93. The molecule has 0 radical (unpaired) electrons. The molecule has 2 N–H and O–H groups in total. The maximum Gasteiger partial charge on any atom is 0.233 e. The molecule has 0 saturated heterocycles. The number of ketones is 1. The molecule has 1 aromatic heterocycles. The topological polar surface area (TPSA) is 101 Å². The first-order valence-corrected chi connectivity index (χ1v) is 13.6. The van der Waals surface area contributed by atoms with E-state index in [2.05, 4.69) is 22.1 Å². The molecule has 7 nitrogen and oxygen atoms in total. The monoisotopic (exact) mass is 521 g/mol. The molecule has 1 atom stereocenters. The fourth-order valence-electron chi connectivity index (χ4n) is 3.98. The van der Waals surface area contributed by atoms with E-state index in [0.29, 0.717) is 24.2 Å². The Balaban J connectivity index is 1.59. The molecule has 0 bridgehead atoms. The summed E-state index contributed by atoms with van der Waals surface area (Å²) in [5, 5.41) is 6.81. The third-order valence-corrected chi connectivity index (χ3v) is 7.22. The van der Waals surface area contributed by atoms with Gasteiger partial charge in [-0.25, -0.2) is 0 Å². The number of nitrogens with zero attached hydrogens (tertiary/aromatic N) is 1. The molecule has 0 fully saturated rings. The smallest absolute Gasteiger partial charge is 0.233 e. The van der Waals surface area contributed by atoms with Crippen LogP contribution < -0.4 is 10.0 Å². The van der Waals surface area contributed by atoms with Gasteiger partial charge in [-0.05, 0) is 61.9 Å². The molecule has 1 unspecified atom stereocenters. The molecule has 37 heavy (non-hydrogen) atoms. The van der Waals surface area contributed by atoms with Crippen molar-refractivity contribution in [2.24, 2.45) is 5.92 Å². The van der Waals surface area contributed by atoms with Crippen molar-refractivity contribution in [3.8, 4) is 11.1 Å². The number of hydrogen-bond acceptors (Lipinski definition) is 6. The summed E-state index contributed by atoms with van der Waals surface area (Å²) in [6.07, 6.45) is 3.96. The van der Waals surface area contributed by atoms with Crippen molar-refractivity contribution in [2.45, 2.75) is 71.1 Å². The number of hydrogen-bond donors (Lipinski definition) is 2. The van der Waals surface area contributed by atoms with Crippen LogP contribution >= 0.6 is 11.9 Å². The van der Waals surface area contributed by atoms with Gasteiger partial charge in [0.2, 0.25) is 11.8 Å². The van der Waals surface area contributed by atoms with E-state index in [-0.39, 0.29) is 24.0 Å². The summed E-state index contributed by atoms with van der Waals surface area (Å²) in [6.45, 7) is 7.68. The Labute approximate surface area is 222 Å². The average Bonchev–Trinajstić information content (AvgIpc) is 3.23. The fraction of sp³-hybridized carbons (Fsp3) is 0.379. The fourth-order valence-corrected chi connectivity index (χ4v) is 4.71. The summed E-state index contributed by atoms with van der Waals surface area (Å²) < 4.78 is 8.00. The van der Waals surface area contributed by atoms with Crippen LogP contribution in [0.1, 0.15) is 74.2 Å². The van der Waals surface area contributed by atoms with Crippen LogP contribution in [0, 0.1) is 19.8 Å². The number of amides is 2. The van der Waals surface area contributed by atoms with Crippen molar-refractivity contribution >= 4 is 35.2 Å². The first kappa shape index (κ1) is 28.2. The van der Waals surface area contributed by atoms with E-state index in [0.717, 1.165) is 46.7 Å². The number of aromatic nitrogens is 1. The number of carbonyl (C=O) groups is 3. The van der Waals surface area contributed by atoms with Crippen LogP contribution in [0.5, 0.6) is 0 Å². The van der Waals surface area contributed by atoms with Crippen LogP contribution in [-0.2, 0) is 9.59 Å². The molecule has 2 amide bonds. The predicted molar refractivity (Wildman–Crippen MR) is 147 cm³/mol. The van der Waals surface area contributed by atoms with Crippen molar-refractivity contribution < 1.29 is 18.9 Å². The summed E-state index contributed by atoms with van der Waals surface area (Å²) in [7, 11) is 0. The second-order valence-electron chi connectivity index (χ2n) is 9.14. The summed E-state index contributed by atoms with van der Waals surface area (Å²) >= 11 is 1.18. The number of benzene rings is 2. The molecule has 3 aromatic rings. The van der Waals surface area contributed by atoms with Gasteiger partial charge in [-0.1, -0.05) is 68.2 Å². The zero-order valence-electron chi connectivity index (χ0n) is 21.9. The van der Waals surface area contributed by atoms with Crippen molar-refractivity contribution in [1.29, 1.82) is 0 Å². The van der Waals surface area contributed by atoms with Gasteiger partial charge in [0.25, 0.3) is 0 Å². The second-order valence-corrected chi connectivity index (χ2v) is 9.96. The zero-order valence-corrected chi connectivity index (χ0v) is 22.7. The predicted octanol–water partition coefficient (Wildman–Crippen LogP) is 6.90. The van der Waals surface area contributed by atoms with Crippen LogP contribution in [-0.4, -0.2) is 22.8 Å². The Kier molecular flexibility index (Phi) is 10.5. The first-order chi connectivity index (χ1) is 17.8. The van der Waals surface area contributed by atoms with Crippen molar-refractivity contribution in [3.05, 3.63) is 65.5 Å². The third-order valence-electron chi connectivity index (χ3n) is 6.13. The lowest BCUT2D eigenvalue weighted by molar-refractivity contribution is -0.123. The number of carbonyl (C=O) groups excluding carboxylic acids is 3. The molecule has 0 aliphatic carbocycles. The molecule has 3 rings (SSSR count). The molecule has 0 aliphatic rings. The Hall–Kier alpha value is -3.39. The van der Waals surface area contributed by atoms with Gasteiger partial charge in [-0.3, -0.25) is 19.1 Å². The normalized spacial score (nSPS) is 11.7. The van der Waals surface area contributed by atoms with E-state index in [1.165, 1.54) is 11.9 Å². The standard InChI is InChI=1S/C29H35N3O4S/c1-5-7-9-27(34)30-25-16-14-22(15-17-25)21-10-12-23(13-11-21)26(33)18-24(8-6-2)29(35)32-37-28-19(3)31-36-20(28)4/h10-17,24H,5-9,18H2,1-4H3,(H,30,34)(H,32,35). The Bertz CT molecular complexity index is 1180. The average molecular weight is 522 g/mol. The van der Waals surface area contributed by atoms with Gasteiger partial charge >= 0.3 is 0 Å². The number of rotatable bonds is 13. The highest BCUT2D eigenvalue weighted by Gasteiger charge is 2.23. The maximum atomic E-state index is 13.0. The molecule has 0 spiro atoms. The van der Waals surface area contributed by atoms with E-state index in [9.17, 15) is 14.4 Å². The molecule has 0 aliphatic heterocycles. The van der Waals surface area contributed by atoms with E-state index in [1.54, 1.807) is 19.1 Å². The van der Waals surface area contributed by atoms with Crippen molar-refractivity contribution in [2.75, 3.05) is 5.32 Å². The molecule has 0 saturated carbocycles. The summed E-state index contributed by atoms with van der Waals surface area (Å²) in [5.41, 5.74) is 4.03. The third kappa shape index (κ3) is 8.05. The van der Waals surface area contributed by atoms with Gasteiger partial charge < -0.3 is 9.84 Å². The highest BCUT2D eigenvalue weighted by atomic mass is 32.2. The molecular weight excluding hydrogens is 486 g/mol. The second kappa shape index (κ2) is 13.8. The van der Waals surface area contributed by atoms with E-state index < -0.39 is 5.92 Å². The van der Waals surface area contributed by atoms with Gasteiger partial charge in [0, 0.05) is 30.0 Å². The minimum atomic E-state index is -0.412. The van der Waals surface area contributed by atoms with E-state index in [1.807, 2.05) is 50.2 Å². The molecule has 8 heteroatoms. The van der Waals surface area contributed by atoms with E-state index in [4.69, 9.17) is 4.52 Å². The van der Waals surface area contributed by atoms with Crippen molar-refractivity contribution in [3.63, 3.8) is 0 Å². The number of nitrogens with one attached hydrogen (secondary N) is 2. The highest BCUT2D eigenvalue weighted by Crippen LogP contribution is 2.26. The van der Waals surface area contributed by atoms with Crippen LogP contribution in [0.3, 0.4) is 0 Å². The number of aryl methyl sites for hydroxylation is 2. The SMILES string of the molecule is CCCCC(=O)Nc1ccc(-c2ccc(C(=O)CC(CCC)C(=O)NSc3c(C)noc3C)cc2)cc1. The lowest BCUT2D eigenvalue weighted by Crippen LogP contribution is -2.27. The maximum absolute atomic E-state index is 13.0. The molecule has 196 valence electrons. The van der Waals surface area contributed by atoms with E-state index >= 15 is 0 Å². The van der Waals surface area contributed by atoms with Crippen molar-refractivity contribution in [1.82, 2.24) is 9.88 Å². The van der Waals surface area contributed by atoms with Gasteiger partial charge in [0.1, 0.15) is 5.76 Å². The van der Waals surface area contributed by atoms with Crippen LogP contribution in [0.2, 0.25) is 0 Å². The number of anilines is 1. The van der Waals surface area contributed by atoms with Gasteiger partial charge in [-0.15, -0.1) is 0 Å². The van der Waals surface area contributed by atoms with Crippen LogP contribution in [0.4, 0.5) is 5.69 Å². The molecular formula is C29H35N3O4S. The lowest BCUT2D eigenvalue weighted by Gasteiger charge is -2.15. The first-order valence-electron chi connectivity index (χ1n) is 12.8. The highest BCUT2D eigenvalue weighted by molar-refractivity contribution is 7.98. The number of unbranched alkanes of at least 4 members (excludes halogenated alkanes) is 1. The minimum absolute atomic E-state index is 0.0230. The largest absolute Gasteiger partial charge is 0.360 e. The summed E-state index contributed by atoms with van der Waals surface area (Å²) in [6, 6.07) is 15.1. The zero-order chi connectivity index (χ0) is 26.8. The minimum Gasteiger partial charge on any atom is -0.360 e. The van der Waals surface area contributed by atoms with Crippen LogP contribution in [0.15, 0.2) is 57.9 Å². The van der Waals surface area contributed by atoms with Gasteiger partial charge in [0.05, 0.1) is 10.6 Å². The summed E-state index contributed by atoms with van der Waals surface area (Å²) in [5.74, 6) is 0.0313. The Morgan fingerprint density at radius 2 is 1.59 bits per heavy atom. The van der Waals surface area contributed by atoms with Gasteiger partial charge in [-0.2, -0.15) is 0 Å². The van der Waals surface area contributed by atoms with Crippen LogP contribution in [0.25, 0.3) is 11.1 Å².